The molecule has 1 saturated carbocycles. The maximum Gasteiger partial charge on any atom is 0.221 e. The summed E-state index contributed by atoms with van der Waals surface area (Å²) in [5.74, 6) is 1.27. The van der Waals surface area contributed by atoms with Crippen molar-refractivity contribution in [3.63, 3.8) is 0 Å². The number of carbonyl (C=O) groups is 1. The van der Waals surface area contributed by atoms with Gasteiger partial charge in [-0.2, -0.15) is 0 Å². The van der Waals surface area contributed by atoms with Crippen LogP contribution in [0.5, 0.6) is 0 Å². The Morgan fingerprint density at radius 1 is 1.32 bits per heavy atom. The molecule has 1 aliphatic rings. The number of aromatic nitrogens is 1. The Kier molecular flexibility index (Phi) is 8.18. The number of nitrogens with zero attached hydrogens (tertiary/aromatic N) is 2. The fourth-order valence-electron chi connectivity index (χ4n) is 2.89. The van der Waals surface area contributed by atoms with Crippen LogP contribution in [0, 0.1) is 0 Å². The van der Waals surface area contributed by atoms with Crippen LogP contribution in [0.15, 0.2) is 10.4 Å². The second-order valence-corrected chi connectivity index (χ2v) is 7.77. The minimum absolute atomic E-state index is 0.122. The van der Waals surface area contributed by atoms with Gasteiger partial charge in [0.2, 0.25) is 5.91 Å². The van der Waals surface area contributed by atoms with E-state index in [1.165, 1.54) is 19.3 Å². The van der Waals surface area contributed by atoms with Crippen LogP contribution in [0.1, 0.15) is 69.0 Å². The molecule has 6 nitrogen and oxygen atoms in total. The summed E-state index contributed by atoms with van der Waals surface area (Å²) in [6, 6.07) is 0.374. The number of carbonyl (C=O) groups excluding carboxylic acids is 1. The van der Waals surface area contributed by atoms with Crippen LogP contribution in [-0.4, -0.2) is 36.5 Å². The molecule has 7 heteroatoms. The average molecular weight is 366 g/mol. The van der Waals surface area contributed by atoms with Gasteiger partial charge in [0.05, 0.1) is 12.2 Å². The van der Waals surface area contributed by atoms with Crippen LogP contribution in [0.2, 0.25) is 0 Å². The highest BCUT2D eigenvalue weighted by atomic mass is 32.1. The molecule has 140 valence electrons. The predicted molar refractivity (Wildman–Crippen MR) is 104 cm³/mol. The molecule has 1 aromatic rings. The number of thiazole rings is 1. The maximum atomic E-state index is 12.0. The largest absolute Gasteiger partial charge is 0.356 e. The van der Waals surface area contributed by atoms with Crippen molar-refractivity contribution in [1.82, 2.24) is 20.9 Å². The molecule has 0 saturated heterocycles. The zero-order valence-corrected chi connectivity index (χ0v) is 16.4. The van der Waals surface area contributed by atoms with E-state index in [1.807, 2.05) is 0 Å². The van der Waals surface area contributed by atoms with Crippen LogP contribution in [0.4, 0.5) is 0 Å². The standard InChI is InChI=1S/C18H31N5OS/c1-13(2)15-12-25-17(23-15)11-21-18(19-3)20-10-9-16(24)22-14-7-5-4-6-8-14/h12-14H,4-11H2,1-3H3,(H,22,24)(H2,19,20,21). The number of hydrogen-bond donors (Lipinski definition) is 3. The molecular weight excluding hydrogens is 334 g/mol. The lowest BCUT2D eigenvalue weighted by Gasteiger charge is -2.22. The average Bonchev–Trinajstić information content (AvgIpc) is 3.08. The number of guanidine groups is 1. The van der Waals surface area contributed by atoms with Crippen molar-refractivity contribution >= 4 is 23.2 Å². The summed E-state index contributed by atoms with van der Waals surface area (Å²) in [5.41, 5.74) is 1.13. The first-order valence-electron chi connectivity index (χ1n) is 9.26. The maximum absolute atomic E-state index is 12.0. The zero-order chi connectivity index (χ0) is 18.1. The SMILES string of the molecule is CN=C(NCCC(=O)NC1CCCCC1)NCc1nc(C(C)C)cs1. The van der Waals surface area contributed by atoms with Gasteiger partial charge >= 0.3 is 0 Å². The lowest BCUT2D eigenvalue weighted by molar-refractivity contribution is -0.121. The van der Waals surface area contributed by atoms with Crippen molar-refractivity contribution < 1.29 is 4.79 Å². The Hall–Kier alpha value is -1.63. The van der Waals surface area contributed by atoms with E-state index in [1.54, 1.807) is 18.4 Å². The lowest BCUT2D eigenvalue weighted by atomic mass is 9.95. The first-order valence-corrected chi connectivity index (χ1v) is 10.1. The van der Waals surface area contributed by atoms with Gasteiger partial charge in [-0.25, -0.2) is 4.98 Å². The van der Waals surface area contributed by atoms with Crippen molar-refractivity contribution in [3.8, 4) is 0 Å². The van der Waals surface area contributed by atoms with Crippen LogP contribution in [0.25, 0.3) is 0 Å². The third-order valence-corrected chi connectivity index (χ3v) is 5.27. The molecule has 0 aromatic carbocycles. The second kappa shape index (κ2) is 10.4. The number of aliphatic imine (C=N–C) groups is 1. The molecule has 1 fully saturated rings. The summed E-state index contributed by atoms with van der Waals surface area (Å²) < 4.78 is 0. The molecule has 1 heterocycles. The highest BCUT2D eigenvalue weighted by Gasteiger charge is 2.15. The Labute approximate surface area is 154 Å². The summed E-state index contributed by atoms with van der Waals surface area (Å²) in [6.45, 7) is 5.51. The van der Waals surface area contributed by atoms with Crippen molar-refractivity contribution in [2.24, 2.45) is 4.99 Å². The highest BCUT2D eigenvalue weighted by molar-refractivity contribution is 7.09. The van der Waals surface area contributed by atoms with Crippen LogP contribution < -0.4 is 16.0 Å². The molecule has 2 rings (SSSR count). The van der Waals surface area contributed by atoms with Crippen molar-refractivity contribution in [2.45, 2.75) is 70.9 Å². The van der Waals surface area contributed by atoms with Gasteiger partial charge in [-0.3, -0.25) is 9.79 Å². The first-order chi connectivity index (χ1) is 12.1. The van der Waals surface area contributed by atoms with Gasteiger partial charge in [0, 0.05) is 31.4 Å². The molecule has 0 aliphatic heterocycles. The van der Waals surface area contributed by atoms with E-state index in [0.717, 1.165) is 23.5 Å². The number of hydrogen-bond acceptors (Lipinski definition) is 4. The van der Waals surface area contributed by atoms with Crippen molar-refractivity contribution in [3.05, 3.63) is 16.1 Å². The van der Waals surface area contributed by atoms with E-state index in [4.69, 9.17) is 0 Å². The van der Waals surface area contributed by atoms with Gasteiger partial charge in [-0.15, -0.1) is 11.3 Å². The van der Waals surface area contributed by atoms with Crippen molar-refractivity contribution in [2.75, 3.05) is 13.6 Å². The number of amides is 1. The minimum Gasteiger partial charge on any atom is -0.356 e. The molecule has 0 radical (unpaired) electrons. The Morgan fingerprint density at radius 2 is 2.08 bits per heavy atom. The molecule has 0 spiro atoms. The second-order valence-electron chi connectivity index (χ2n) is 6.83. The molecule has 3 N–H and O–H groups in total. The van der Waals surface area contributed by atoms with E-state index in [2.05, 4.69) is 45.2 Å². The topological polar surface area (TPSA) is 78.4 Å². The highest BCUT2D eigenvalue weighted by Crippen LogP contribution is 2.18. The fourth-order valence-corrected chi connectivity index (χ4v) is 3.79. The monoisotopic (exact) mass is 365 g/mol. The molecule has 0 bridgehead atoms. The summed E-state index contributed by atoms with van der Waals surface area (Å²) in [6.07, 6.45) is 6.47. The molecule has 25 heavy (non-hydrogen) atoms. The molecule has 1 aliphatic carbocycles. The van der Waals surface area contributed by atoms with Gasteiger partial charge < -0.3 is 16.0 Å². The fraction of sp³-hybridized carbons (Fsp3) is 0.722. The van der Waals surface area contributed by atoms with Gasteiger partial charge in [-0.05, 0) is 18.8 Å². The molecule has 0 unspecified atom stereocenters. The third kappa shape index (κ3) is 7.02. The van der Waals surface area contributed by atoms with Crippen LogP contribution in [-0.2, 0) is 11.3 Å². The zero-order valence-electron chi connectivity index (χ0n) is 15.6. The van der Waals surface area contributed by atoms with Crippen LogP contribution in [0.3, 0.4) is 0 Å². The Morgan fingerprint density at radius 3 is 2.72 bits per heavy atom. The predicted octanol–water partition coefficient (Wildman–Crippen LogP) is 2.77. The van der Waals surface area contributed by atoms with E-state index < -0.39 is 0 Å². The lowest BCUT2D eigenvalue weighted by Crippen LogP contribution is -2.41. The van der Waals surface area contributed by atoms with Crippen LogP contribution >= 0.6 is 11.3 Å². The Bertz CT molecular complexity index is 564. The smallest absolute Gasteiger partial charge is 0.221 e. The van der Waals surface area contributed by atoms with Gasteiger partial charge in [0.1, 0.15) is 5.01 Å². The third-order valence-electron chi connectivity index (χ3n) is 4.41. The normalized spacial score (nSPS) is 16.1. The van der Waals surface area contributed by atoms with E-state index in [0.29, 0.717) is 37.4 Å². The number of rotatable bonds is 7. The quantitative estimate of drug-likeness (QED) is 0.513. The molecule has 1 aromatic heterocycles. The van der Waals surface area contributed by atoms with E-state index in [-0.39, 0.29) is 5.91 Å². The summed E-state index contributed by atoms with van der Waals surface area (Å²) in [5, 5.41) is 12.7. The van der Waals surface area contributed by atoms with Gasteiger partial charge in [0.25, 0.3) is 0 Å². The summed E-state index contributed by atoms with van der Waals surface area (Å²) in [4.78, 5) is 20.8. The number of nitrogens with one attached hydrogen (secondary N) is 3. The first kappa shape index (κ1) is 19.7. The molecular formula is C18H31N5OS. The summed E-state index contributed by atoms with van der Waals surface area (Å²) in [7, 11) is 1.73. The minimum atomic E-state index is 0.122. The van der Waals surface area contributed by atoms with Gasteiger partial charge in [0.15, 0.2) is 5.96 Å². The van der Waals surface area contributed by atoms with E-state index in [9.17, 15) is 4.79 Å². The molecule has 0 atom stereocenters. The Balaban J connectivity index is 1.64. The van der Waals surface area contributed by atoms with Gasteiger partial charge in [-0.1, -0.05) is 33.1 Å². The summed E-state index contributed by atoms with van der Waals surface area (Å²) >= 11 is 1.66. The van der Waals surface area contributed by atoms with Crippen molar-refractivity contribution in [1.29, 1.82) is 0 Å². The van der Waals surface area contributed by atoms with E-state index >= 15 is 0 Å². The molecule has 1 amide bonds.